The van der Waals surface area contributed by atoms with E-state index in [1.165, 1.54) is 12.8 Å². The summed E-state index contributed by atoms with van der Waals surface area (Å²) in [5.74, 6) is 0.737. The van der Waals surface area contributed by atoms with Crippen LogP contribution in [0.3, 0.4) is 0 Å². The van der Waals surface area contributed by atoms with Crippen LogP contribution in [0.15, 0.2) is 12.2 Å². The van der Waals surface area contributed by atoms with E-state index in [0.29, 0.717) is 24.0 Å². The molecule has 2 nitrogen and oxygen atoms in total. The van der Waals surface area contributed by atoms with Crippen molar-refractivity contribution < 1.29 is 9.53 Å². The maximum atomic E-state index is 11.6. The largest absolute Gasteiger partial charge is 0.462 e. The summed E-state index contributed by atoms with van der Waals surface area (Å²) >= 11 is 0. The molecule has 0 unspecified atom stereocenters. The van der Waals surface area contributed by atoms with Crippen LogP contribution in [0.5, 0.6) is 0 Å². The van der Waals surface area contributed by atoms with E-state index in [0.717, 1.165) is 6.42 Å². The Kier molecular flexibility index (Phi) is 7.27. The summed E-state index contributed by atoms with van der Waals surface area (Å²) in [4.78, 5) is 11.6. The maximum absolute atomic E-state index is 11.6. The minimum Gasteiger partial charge on any atom is -0.462 e. The maximum Gasteiger partial charge on any atom is 0.333 e. The van der Waals surface area contributed by atoms with E-state index in [2.05, 4.69) is 41.2 Å². The van der Waals surface area contributed by atoms with Crippen molar-refractivity contribution in [1.82, 2.24) is 0 Å². The lowest BCUT2D eigenvalue weighted by Crippen LogP contribution is -2.38. The summed E-state index contributed by atoms with van der Waals surface area (Å²) in [6.45, 7) is 16.9. The van der Waals surface area contributed by atoms with Gasteiger partial charge >= 0.3 is 5.97 Å². The first-order chi connectivity index (χ1) is 8.27. The number of carbonyl (C=O) groups is 1. The number of ether oxygens (including phenoxy) is 1. The van der Waals surface area contributed by atoms with Crippen LogP contribution >= 0.6 is 0 Å². The zero-order valence-electron chi connectivity index (χ0n) is 13.0. The normalized spacial score (nSPS) is 12.0. The van der Waals surface area contributed by atoms with E-state index in [1.807, 2.05) is 0 Å². The van der Waals surface area contributed by atoms with Crippen LogP contribution in [-0.4, -0.2) is 12.6 Å². The Labute approximate surface area is 113 Å². The zero-order chi connectivity index (χ0) is 14.3. The molecule has 0 aliphatic carbocycles. The molecule has 0 rings (SSSR count). The van der Waals surface area contributed by atoms with Crippen LogP contribution in [0, 0.1) is 17.3 Å². The highest BCUT2D eigenvalue weighted by Crippen LogP contribution is 2.41. The molecule has 0 radical (unpaired) electrons. The lowest BCUT2D eigenvalue weighted by atomic mass is 9.66. The van der Waals surface area contributed by atoms with Gasteiger partial charge < -0.3 is 4.74 Å². The van der Waals surface area contributed by atoms with Gasteiger partial charge in [-0.05, 0) is 25.2 Å². The van der Waals surface area contributed by atoms with Crippen molar-refractivity contribution >= 4 is 5.97 Å². The second-order valence-corrected chi connectivity index (χ2v) is 6.00. The SMILES string of the molecule is C=C(C)C(=O)OCC(CCCC)(C(C)C)C(C)C. The standard InChI is InChI=1S/C16H30O2/c1-8-9-10-16(13(4)5,14(6)7)11-18-15(17)12(2)3/h13-14H,2,8-11H2,1,3-7H3. The number of unbranched alkanes of at least 4 members (excludes halogenated alkanes) is 1. The summed E-state index contributed by atoms with van der Waals surface area (Å²) in [6.07, 6.45) is 3.47. The lowest BCUT2D eigenvalue weighted by Gasteiger charge is -2.41. The van der Waals surface area contributed by atoms with E-state index < -0.39 is 0 Å². The second-order valence-electron chi connectivity index (χ2n) is 6.00. The Morgan fingerprint density at radius 3 is 2.06 bits per heavy atom. The van der Waals surface area contributed by atoms with Crippen molar-refractivity contribution in [3.05, 3.63) is 12.2 Å². The van der Waals surface area contributed by atoms with Gasteiger partial charge in [0.05, 0.1) is 6.61 Å². The highest BCUT2D eigenvalue weighted by molar-refractivity contribution is 5.86. The summed E-state index contributed by atoms with van der Waals surface area (Å²) in [6, 6.07) is 0. The smallest absolute Gasteiger partial charge is 0.333 e. The van der Waals surface area contributed by atoms with Gasteiger partial charge in [0.15, 0.2) is 0 Å². The minimum absolute atomic E-state index is 0.0844. The average Bonchev–Trinajstić information content (AvgIpc) is 2.28. The summed E-state index contributed by atoms with van der Waals surface area (Å²) in [5, 5.41) is 0. The Hall–Kier alpha value is -0.790. The van der Waals surface area contributed by atoms with Gasteiger partial charge in [-0.15, -0.1) is 0 Å². The summed E-state index contributed by atoms with van der Waals surface area (Å²) < 4.78 is 5.45. The molecule has 2 heteroatoms. The molecule has 0 aliphatic rings. The molecule has 0 bridgehead atoms. The van der Waals surface area contributed by atoms with Gasteiger partial charge in [0.2, 0.25) is 0 Å². The van der Waals surface area contributed by atoms with E-state index in [-0.39, 0.29) is 11.4 Å². The van der Waals surface area contributed by atoms with E-state index >= 15 is 0 Å². The molecule has 0 aromatic heterocycles. The fourth-order valence-electron chi connectivity index (χ4n) is 2.48. The molecule has 0 fully saturated rings. The predicted molar refractivity (Wildman–Crippen MR) is 77.4 cm³/mol. The quantitative estimate of drug-likeness (QED) is 0.467. The average molecular weight is 254 g/mol. The molecule has 0 saturated heterocycles. The van der Waals surface area contributed by atoms with E-state index in [4.69, 9.17) is 4.74 Å². The van der Waals surface area contributed by atoms with Crippen LogP contribution < -0.4 is 0 Å². The van der Waals surface area contributed by atoms with Crippen molar-refractivity contribution in [1.29, 1.82) is 0 Å². The number of rotatable bonds is 8. The molecule has 0 N–H and O–H groups in total. The lowest BCUT2D eigenvalue weighted by molar-refractivity contribution is -0.145. The van der Waals surface area contributed by atoms with Crippen molar-refractivity contribution in [2.24, 2.45) is 17.3 Å². The third-order valence-electron chi connectivity index (χ3n) is 4.12. The number of esters is 1. The highest BCUT2D eigenvalue weighted by Gasteiger charge is 2.37. The van der Waals surface area contributed by atoms with Gasteiger partial charge in [-0.25, -0.2) is 4.79 Å². The molecule has 0 spiro atoms. The first-order valence-electron chi connectivity index (χ1n) is 7.10. The van der Waals surface area contributed by atoms with Crippen molar-refractivity contribution in [3.8, 4) is 0 Å². The van der Waals surface area contributed by atoms with E-state index in [1.54, 1.807) is 6.92 Å². The molecule has 0 atom stereocenters. The van der Waals surface area contributed by atoms with Gasteiger partial charge in [0.25, 0.3) is 0 Å². The molecule has 0 saturated carbocycles. The van der Waals surface area contributed by atoms with Crippen LogP contribution in [-0.2, 0) is 9.53 Å². The predicted octanol–water partition coefficient (Wildman–Crippen LogP) is 4.59. The Morgan fingerprint density at radius 1 is 1.22 bits per heavy atom. The molecular formula is C16H30O2. The van der Waals surface area contributed by atoms with Crippen LogP contribution in [0.1, 0.15) is 60.8 Å². The second kappa shape index (κ2) is 7.60. The molecule has 0 aromatic carbocycles. The molecule has 0 aromatic rings. The van der Waals surface area contributed by atoms with Gasteiger partial charge in [-0.2, -0.15) is 0 Å². The number of hydrogen-bond acceptors (Lipinski definition) is 2. The van der Waals surface area contributed by atoms with E-state index in [9.17, 15) is 4.79 Å². The van der Waals surface area contributed by atoms with Crippen molar-refractivity contribution in [2.75, 3.05) is 6.61 Å². The first-order valence-corrected chi connectivity index (χ1v) is 7.10. The Morgan fingerprint density at radius 2 is 1.72 bits per heavy atom. The molecule has 0 heterocycles. The monoisotopic (exact) mass is 254 g/mol. The van der Waals surface area contributed by atoms with Crippen molar-refractivity contribution in [2.45, 2.75) is 60.8 Å². The molecule has 18 heavy (non-hydrogen) atoms. The Balaban J connectivity index is 4.83. The first kappa shape index (κ1) is 17.2. The number of carbonyl (C=O) groups excluding carboxylic acids is 1. The van der Waals surface area contributed by atoms with Crippen molar-refractivity contribution in [3.63, 3.8) is 0 Å². The Bertz CT molecular complexity index is 269. The van der Waals surface area contributed by atoms with Crippen LogP contribution in [0.2, 0.25) is 0 Å². The molecule has 106 valence electrons. The fourth-order valence-corrected chi connectivity index (χ4v) is 2.48. The van der Waals surface area contributed by atoms with Crippen LogP contribution in [0.25, 0.3) is 0 Å². The van der Waals surface area contributed by atoms with Gasteiger partial charge in [0, 0.05) is 11.0 Å². The molecular weight excluding hydrogens is 224 g/mol. The number of hydrogen-bond donors (Lipinski definition) is 0. The molecule has 0 aliphatic heterocycles. The van der Waals surface area contributed by atoms with Gasteiger partial charge in [-0.1, -0.05) is 54.0 Å². The summed E-state index contributed by atoms with van der Waals surface area (Å²) in [5.41, 5.74) is 0.563. The third kappa shape index (κ3) is 4.47. The van der Waals surface area contributed by atoms with Crippen LogP contribution in [0.4, 0.5) is 0 Å². The third-order valence-corrected chi connectivity index (χ3v) is 4.12. The zero-order valence-corrected chi connectivity index (χ0v) is 13.0. The summed E-state index contributed by atoms with van der Waals surface area (Å²) in [7, 11) is 0. The highest BCUT2D eigenvalue weighted by atomic mass is 16.5. The van der Waals surface area contributed by atoms with Gasteiger partial charge in [0.1, 0.15) is 0 Å². The van der Waals surface area contributed by atoms with Gasteiger partial charge in [-0.3, -0.25) is 0 Å². The minimum atomic E-state index is -0.267. The molecule has 0 amide bonds. The fraction of sp³-hybridized carbons (Fsp3) is 0.812. The topological polar surface area (TPSA) is 26.3 Å².